The van der Waals surface area contributed by atoms with E-state index in [0.717, 1.165) is 0 Å². The summed E-state index contributed by atoms with van der Waals surface area (Å²) in [5, 5.41) is 2.39. The molecule has 1 fully saturated rings. The predicted octanol–water partition coefficient (Wildman–Crippen LogP) is 2.40. The van der Waals surface area contributed by atoms with Crippen molar-refractivity contribution in [2.75, 3.05) is 11.9 Å². The Bertz CT molecular complexity index is 565. The zero-order chi connectivity index (χ0) is 14.7. The normalized spacial score (nSPS) is 18.5. The lowest BCUT2D eigenvalue weighted by Crippen LogP contribution is -2.33. The number of halogens is 1. The molecule has 1 aromatic carbocycles. The van der Waals surface area contributed by atoms with Gasteiger partial charge in [0, 0.05) is 18.7 Å². The standard InChI is InChI=1S/C13H13FN2O2S2/c1-8-12(18)16(13(19)20-8)6-5-11(17)15-10-4-2-3-9(14)7-10/h2-4,7-8H,5-6H2,1H3,(H,15,17). The molecule has 0 saturated carbocycles. The highest BCUT2D eigenvalue weighted by atomic mass is 32.2. The number of anilines is 1. The molecule has 2 rings (SSSR count). The second-order valence-electron chi connectivity index (χ2n) is 4.32. The molecule has 106 valence electrons. The maximum atomic E-state index is 13.0. The number of hydrogen-bond donors (Lipinski definition) is 1. The zero-order valence-corrected chi connectivity index (χ0v) is 12.4. The third kappa shape index (κ3) is 3.55. The number of benzene rings is 1. The quantitative estimate of drug-likeness (QED) is 0.868. The number of thiocarbonyl (C=S) groups is 1. The van der Waals surface area contributed by atoms with Gasteiger partial charge >= 0.3 is 0 Å². The molecule has 0 aromatic heterocycles. The number of thioether (sulfide) groups is 1. The van der Waals surface area contributed by atoms with Crippen LogP contribution in [0.3, 0.4) is 0 Å². The molecule has 2 amide bonds. The van der Waals surface area contributed by atoms with E-state index < -0.39 is 5.82 Å². The summed E-state index contributed by atoms with van der Waals surface area (Å²) in [7, 11) is 0. The first-order valence-corrected chi connectivity index (χ1v) is 7.33. The topological polar surface area (TPSA) is 49.4 Å². The van der Waals surface area contributed by atoms with Crippen molar-refractivity contribution in [1.29, 1.82) is 0 Å². The second kappa shape index (κ2) is 6.32. The van der Waals surface area contributed by atoms with Gasteiger partial charge in [0.1, 0.15) is 10.1 Å². The van der Waals surface area contributed by atoms with Gasteiger partial charge in [0.25, 0.3) is 0 Å². The third-order valence-corrected chi connectivity index (χ3v) is 4.27. The van der Waals surface area contributed by atoms with Crippen molar-refractivity contribution in [2.24, 2.45) is 0 Å². The number of nitrogens with zero attached hydrogens (tertiary/aromatic N) is 1. The molecule has 1 aromatic rings. The highest BCUT2D eigenvalue weighted by Crippen LogP contribution is 2.26. The van der Waals surface area contributed by atoms with Gasteiger partial charge in [-0.1, -0.05) is 30.0 Å². The molecule has 0 bridgehead atoms. The molecular weight excluding hydrogens is 299 g/mol. The van der Waals surface area contributed by atoms with Gasteiger partial charge in [-0.2, -0.15) is 0 Å². The van der Waals surface area contributed by atoms with Gasteiger partial charge in [-0.15, -0.1) is 0 Å². The van der Waals surface area contributed by atoms with Crippen molar-refractivity contribution in [1.82, 2.24) is 4.90 Å². The number of carbonyl (C=O) groups is 2. The molecule has 4 nitrogen and oxygen atoms in total. The van der Waals surface area contributed by atoms with E-state index in [-0.39, 0.29) is 30.0 Å². The molecule has 0 spiro atoms. The highest BCUT2D eigenvalue weighted by molar-refractivity contribution is 8.24. The van der Waals surface area contributed by atoms with Gasteiger partial charge in [-0.05, 0) is 25.1 Å². The van der Waals surface area contributed by atoms with Crippen LogP contribution in [-0.4, -0.2) is 32.8 Å². The largest absolute Gasteiger partial charge is 0.326 e. The predicted molar refractivity (Wildman–Crippen MR) is 81.0 cm³/mol. The summed E-state index contributed by atoms with van der Waals surface area (Å²) in [6, 6.07) is 5.66. The Hall–Kier alpha value is -1.47. The summed E-state index contributed by atoms with van der Waals surface area (Å²) in [6.45, 7) is 2.03. The molecule has 7 heteroatoms. The summed E-state index contributed by atoms with van der Waals surface area (Å²) in [4.78, 5) is 25.0. The van der Waals surface area contributed by atoms with Crippen LogP contribution in [0.1, 0.15) is 13.3 Å². The van der Waals surface area contributed by atoms with Crippen LogP contribution in [-0.2, 0) is 9.59 Å². The van der Waals surface area contributed by atoms with Crippen LogP contribution in [0.2, 0.25) is 0 Å². The Morgan fingerprint density at radius 1 is 1.55 bits per heavy atom. The van der Waals surface area contributed by atoms with E-state index in [4.69, 9.17) is 12.2 Å². The van der Waals surface area contributed by atoms with Crippen LogP contribution in [0, 0.1) is 5.82 Å². The molecule has 0 radical (unpaired) electrons. The molecular formula is C13H13FN2O2S2. The van der Waals surface area contributed by atoms with Gasteiger partial charge in [-0.3, -0.25) is 14.5 Å². The van der Waals surface area contributed by atoms with Crippen LogP contribution in [0.5, 0.6) is 0 Å². The van der Waals surface area contributed by atoms with E-state index >= 15 is 0 Å². The molecule has 1 aliphatic rings. The monoisotopic (exact) mass is 312 g/mol. The Labute approximate surface area is 125 Å². The van der Waals surface area contributed by atoms with E-state index in [1.165, 1.54) is 34.9 Å². The number of amides is 2. The molecule has 1 unspecified atom stereocenters. The van der Waals surface area contributed by atoms with Crippen molar-refractivity contribution in [3.63, 3.8) is 0 Å². The molecule has 1 atom stereocenters. The van der Waals surface area contributed by atoms with Gasteiger partial charge in [0.2, 0.25) is 11.8 Å². The molecule has 1 aliphatic heterocycles. The Balaban J connectivity index is 1.87. The van der Waals surface area contributed by atoms with Crippen LogP contribution < -0.4 is 5.32 Å². The van der Waals surface area contributed by atoms with Crippen molar-refractivity contribution in [3.05, 3.63) is 30.1 Å². The van der Waals surface area contributed by atoms with E-state index in [9.17, 15) is 14.0 Å². The number of hydrogen-bond acceptors (Lipinski definition) is 4. The fourth-order valence-electron chi connectivity index (χ4n) is 1.78. The zero-order valence-electron chi connectivity index (χ0n) is 10.8. The lowest BCUT2D eigenvalue weighted by atomic mass is 10.3. The van der Waals surface area contributed by atoms with Gasteiger partial charge in [0.05, 0.1) is 5.25 Å². The summed E-state index contributed by atoms with van der Waals surface area (Å²) in [5.41, 5.74) is 0.396. The minimum absolute atomic E-state index is 0.0708. The van der Waals surface area contributed by atoms with E-state index in [1.807, 2.05) is 0 Å². The first-order chi connectivity index (χ1) is 9.47. The second-order valence-corrected chi connectivity index (χ2v) is 6.30. The van der Waals surface area contributed by atoms with Crippen LogP contribution in [0.4, 0.5) is 10.1 Å². The Kier molecular flexibility index (Phi) is 4.72. The van der Waals surface area contributed by atoms with Crippen LogP contribution >= 0.6 is 24.0 Å². The molecule has 0 aliphatic carbocycles. The molecule has 1 heterocycles. The molecule has 1 N–H and O–H groups in total. The summed E-state index contributed by atoms with van der Waals surface area (Å²) >= 11 is 6.40. The summed E-state index contributed by atoms with van der Waals surface area (Å²) < 4.78 is 13.5. The highest BCUT2D eigenvalue weighted by Gasteiger charge is 2.33. The number of rotatable bonds is 4. The fourth-order valence-corrected chi connectivity index (χ4v) is 3.23. The van der Waals surface area contributed by atoms with Gasteiger partial charge < -0.3 is 5.32 Å². The SMILES string of the molecule is CC1SC(=S)N(CCC(=O)Nc2cccc(F)c2)C1=O. The van der Waals surface area contributed by atoms with Crippen LogP contribution in [0.15, 0.2) is 24.3 Å². The smallest absolute Gasteiger partial charge is 0.241 e. The van der Waals surface area contributed by atoms with Crippen LogP contribution in [0.25, 0.3) is 0 Å². The Morgan fingerprint density at radius 2 is 2.30 bits per heavy atom. The minimum Gasteiger partial charge on any atom is -0.326 e. The lowest BCUT2D eigenvalue weighted by Gasteiger charge is -2.14. The summed E-state index contributed by atoms with van der Waals surface area (Å²) in [6.07, 6.45) is 0.121. The number of nitrogens with one attached hydrogen (secondary N) is 1. The van der Waals surface area contributed by atoms with Crippen molar-refractivity contribution in [2.45, 2.75) is 18.6 Å². The minimum atomic E-state index is -0.413. The lowest BCUT2D eigenvalue weighted by molar-refractivity contribution is -0.126. The van der Waals surface area contributed by atoms with Crippen molar-refractivity contribution < 1.29 is 14.0 Å². The average molecular weight is 312 g/mol. The van der Waals surface area contributed by atoms with Gasteiger partial charge in [-0.25, -0.2) is 4.39 Å². The van der Waals surface area contributed by atoms with Gasteiger partial charge in [0.15, 0.2) is 0 Å². The first-order valence-electron chi connectivity index (χ1n) is 6.05. The van der Waals surface area contributed by atoms with Crippen molar-refractivity contribution >= 4 is 45.8 Å². The number of carbonyl (C=O) groups excluding carboxylic acids is 2. The maximum absolute atomic E-state index is 13.0. The Morgan fingerprint density at radius 3 is 2.90 bits per heavy atom. The maximum Gasteiger partial charge on any atom is 0.241 e. The first kappa shape index (κ1) is 14.9. The van der Waals surface area contributed by atoms with E-state index in [2.05, 4.69) is 5.32 Å². The van der Waals surface area contributed by atoms with E-state index in [0.29, 0.717) is 10.0 Å². The molecule has 20 heavy (non-hydrogen) atoms. The molecule has 1 saturated heterocycles. The fraction of sp³-hybridized carbons (Fsp3) is 0.308. The third-order valence-electron chi connectivity index (χ3n) is 2.78. The average Bonchev–Trinajstić information content (AvgIpc) is 2.61. The van der Waals surface area contributed by atoms with E-state index in [1.54, 1.807) is 13.0 Å². The van der Waals surface area contributed by atoms with Crippen molar-refractivity contribution in [3.8, 4) is 0 Å². The summed E-state index contributed by atoms with van der Waals surface area (Å²) in [5.74, 6) is -0.766.